The largest absolute Gasteiger partial charge is 0.369 e. The van der Waals surface area contributed by atoms with Crippen LogP contribution >= 0.6 is 0 Å². The van der Waals surface area contributed by atoms with Crippen LogP contribution in [0.3, 0.4) is 0 Å². The zero-order valence-electron chi connectivity index (χ0n) is 12.4. The lowest BCUT2D eigenvalue weighted by Gasteiger charge is -2.22. The molecule has 110 valence electrons. The van der Waals surface area contributed by atoms with Crippen molar-refractivity contribution in [2.75, 3.05) is 11.9 Å². The third-order valence-corrected chi connectivity index (χ3v) is 3.90. The fourth-order valence-corrected chi connectivity index (χ4v) is 2.69. The molecule has 2 unspecified atom stereocenters. The minimum Gasteiger partial charge on any atom is -0.369 e. The van der Waals surface area contributed by atoms with Crippen molar-refractivity contribution in [2.45, 2.75) is 52.0 Å². The van der Waals surface area contributed by atoms with Crippen LogP contribution in [0.4, 0.5) is 5.82 Å². The molecule has 0 saturated heterocycles. The van der Waals surface area contributed by atoms with Gasteiger partial charge in [0.25, 0.3) is 5.91 Å². The normalized spacial score (nSPS) is 22.9. The van der Waals surface area contributed by atoms with Gasteiger partial charge in [-0.1, -0.05) is 26.2 Å². The maximum atomic E-state index is 12.3. The van der Waals surface area contributed by atoms with Crippen LogP contribution in [0.25, 0.3) is 0 Å². The molecule has 1 saturated carbocycles. The second kappa shape index (κ2) is 7.22. The van der Waals surface area contributed by atoms with Crippen molar-refractivity contribution in [3.63, 3.8) is 0 Å². The summed E-state index contributed by atoms with van der Waals surface area (Å²) < 4.78 is 0. The van der Waals surface area contributed by atoms with Crippen LogP contribution in [0.5, 0.6) is 0 Å². The monoisotopic (exact) mass is 276 g/mol. The number of carbonyl (C=O) groups excluding carboxylic acids is 1. The summed E-state index contributed by atoms with van der Waals surface area (Å²) in [4.78, 5) is 20.6. The van der Waals surface area contributed by atoms with E-state index in [9.17, 15) is 4.79 Å². The molecule has 1 fully saturated rings. The van der Waals surface area contributed by atoms with Crippen molar-refractivity contribution in [2.24, 2.45) is 5.92 Å². The Morgan fingerprint density at radius 3 is 2.90 bits per heavy atom. The first-order valence-corrected chi connectivity index (χ1v) is 7.57. The van der Waals surface area contributed by atoms with E-state index in [1.54, 1.807) is 6.20 Å². The van der Waals surface area contributed by atoms with Gasteiger partial charge >= 0.3 is 0 Å². The number of rotatable bonds is 4. The lowest BCUT2D eigenvalue weighted by atomic mass is 9.97. The van der Waals surface area contributed by atoms with Crippen molar-refractivity contribution in [1.29, 1.82) is 0 Å². The van der Waals surface area contributed by atoms with Gasteiger partial charge in [-0.3, -0.25) is 9.78 Å². The van der Waals surface area contributed by atoms with E-state index in [4.69, 9.17) is 0 Å². The van der Waals surface area contributed by atoms with Crippen molar-refractivity contribution >= 4 is 11.7 Å². The van der Waals surface area contributed by atoms with Gasteiger partial charge in [0.15, 0.2) is 0 Å². The number of aromatic nitrogens is 2. The maximum absolute atomic E-state index is 12.3. The van der Waals surface area contributed by atoms with Crippen molar-refractivity contribution < 1.29 is 4.79 Å². The molecular formula is C15H24N4O. The molecule has 0 spiro atoms. The van der Waals surface area contributed by atoms with Gasteiger partial charge in [-0.05, 0) is 25.7 Å². The quantitative estimate of drug-likeness (QED) is 0.830. The summed E-state index contributed by atoms with van der Waals surface area (Å²) in [5, 5.41) is 6.20. The van der Waals surface area contributed by atoms with Crippen LogP contribution in [0, 0.1) is 5.92 Å². The molecule has 1 aliphatic rings. The predicted octanol–water partition coefficient (Wildman–Crippen LogP) is 2.61. The number of hydrogen-bond donors (Lipinski definition) is 2. The summed E-state index contributed by atoms with van der Waals surface area (Å²) in [6, 6.07) is 0.259. The third kappa shape index (κ3) is 3.92. The smallest absolute Gasteiger partial charge is 0.271 e. The summed E-state index contributed by atoms with van der Waals surface area (Å²) in [5.41, 5.74) is 0.389. The highest BCUT2D eigenvalue weighted by Gasteiger charge is 2.22. The predicted molar refractivity (Wildman–Crippen MR) is 79.7 cm³/mol. The molecule has 0 aromatic carbocycles. The Kier molecular flexibility index (Phi) is 5.32. The van der Waals surface area contributed by atoms with Gasteiger partial charge < -0.3 is 10.6 Å². The molecule has 20 heavy (non-hydrogen) atoms. The number of hydrogen-bond acceptors (Lipinski definition) is 4. The maximum Gasteiger partial charge on any atom is 0.271 e. The Morgan fingerprint density at radius 1 is 1.30 bits per heavy atom. The highest BCUT2D eigenvalue weighted by atomic mass is 16.1. The molecule has 1 aromatic rings. The standard InChI is InChI=1S/C15H24N4O/c1-3-17-14-10-16-9-13(18-14)15(20)19-12-8-6-4-5-7-11(12)2/h9-12H,3-8H2,1-2H3,(H,17,18)(H,19,20). The van der Waals surface area contributed by atoms with Crippen molar-refractivity contribution in [3.05, 3.63) is 18.1 Å². The molecule has 2 N–H and O–H groups in total. The summed E-state index contributed by atoms with van der Waals surface area (Å²) in [6.45, 7) is 4.97. The van der Waals surface area contributed by atoms with Gasteiger partial charge in [-0.25, -0.2) is 4.98 Å². The molecule has 0 aliphatic heterocycles. The van der Waals surface area contributed by atoms with Gasteiger partial charge in [-0.2, -0.15) is 0 Å². The molecule has 2 rings (SSSR count). The van der Waals surface area contributed by atoms with E-state index < -0.39 is 0 Å². The van der Waals surface area contributed by atoms with E-state index in [0.717, 1.165) is 13.0 Å². The van der Waals surface area contributed by atoms with Crippen LogP contribution in [0.15, 0.2) is 12.4 Å². The molecule has 5 nitrogen and oxygen atoms in total. The molecule has 5 heteroatoms. The Balaban J connectivity index is 2.01. The van der Waals surface area contributed by atoms with Crippen LogP contribution in [-0.4, -0.2) is 28.5 Å². The SMILES string of the molecule is CCNc1cncc(C(=O)NC2CCCCCC2C)n1. The fourth-order valence-electron chi connectivity index (χ4n) is 2.69. The van der Waals surface area contributed by atoms with E-state index >= 15 is 0 Å². The van der Waals surface area contributed by atoms with Gasteiger partial charge in [0.2, 0.25) is 0 Å². The molecule has 1 amide bonds. The molecule has 1 heterocycles. The first-order valence-electron chi connectivity index (χ1n) is 7.57. The molecule has 1 aliphatic carbocycles. The first kappa shape index (κ1) is 14.8. The molecular weight excluding hydrogens is 252 g/mol. The van der Waals surface area contributed by atoms with Crippen molar-refractivity contribution in [3.8, 4) is 0 Å². The second-order valence-electron chi connectivity index (χ2n) is 5.52. The highest BCUT2D eigenvalue weighted by molar-refractivity contribution is 5.92. The van der Waals surface area contributed by atoms with Crippen LogP contribution in [0.2, 0.25) is 0 Å². The van der Waals surface area contributed by atoms with Crippen LogP contribution in [0.1, 0.15) is 56.4 Å². The highest BCUT2D eigenvalue weighted by Crippen LogP contribution is 2.23. The zero-order valence-corrected chi connectivity index (χ0v) is 12.4. The fraction of sp³-hybridized carbons (Fsp3) is 0.667. The summed E-state index contributed by atoms with van der Waals surface area (Å²) in [6.07, 6.45) is 9.14. The second-order valence-corrected chi connectivity index (χ2v) is 5.52. The first-order chi connectivity index (χ1) is 9.70. The number of nitrogens with one attached hydrogen (secondary N) is 2. The average molecular weight is 276 g/mol. The Hall–Kier alpha value is -1.65. The third-order valence-electron chi connectivity index (χ3n) is 3.90. The van der Waals surface area contributed by atoms with Crippen molar-refractivity contribution in [1.82, 2.24) is 15.3 Å². The topological polar surface area (TPSA) is 66.9 Å². The Bertz CT molecular complexity index is 449. The molecule has 1 aromatic heterocycles. The van der Waals surface area contributed by atoms with E-state index in [2.05, 4.69) is 27.5 Å². The lowest BCUT2D eigenvalue weighted by Crippen LogP contribution is -2.39. The Morgan fingerprint density at radius 2 is 2.10 bits per heavy atom. The van der Waals surface area contributed by atoms with Gasteiger partial charge in [-0.15, -0.1) is 0 Å². The van der Waals surface area contributed by atoms with Crippen LogP contribution < -0.4 is 10.6 Å². The minimum atomic E-state index is -0.115. The summed E-state index contributed by atoms with van der Waals surface area (Å²) >= 11 is 0. The molecule has 2 atom stereocenters. The number of amides is 1. The van der Waals surface area contributed by atoms with Gasteiger partial charge in [0.1, 0.15) is 11.5 Å². The molecule has 0 radical (unpaired) electrons. The van der Waals surface area contributed by atoms with Gasteiger partial charge in [0.05, 0.1) is 12.4 Å². The lowest BCUT2D eigenvalue weighted by molar-refractivity contribution is 0.0916. The summed E-state index contributed by atoms with van der Waals surface area (Å²) in [5.74, 6) is 1.07. The van der Waals surface area contributed by atoms with Crippen LogP contribution in [-0.2, 0) is 0 Å². The summed E-state index contributed by atoms with van der Waals surface area (Å²) in [7, 11) is 0. The van der Waals surface area contributed by atoms with E-state index in [1.165, 1.54) is 31.9 Å². The van der Waals surface area contributed by atoms with E-state index in [1.807, 2.05) is 6.92 Å². The number of nitrogens with zero attached hydrogens (tertiary/aromatic N) is 2. The average Bonchev–Trinajstić information content (AvgIpc) is 2.65. The van der Waals surface area contributed by atoms with E-state index in [-0.39, 0.29) is 11.9 Å². The van der Waals surface area contributed by atoms with E-state index in [0.29, 0.717) is 17.4 Å². The Labute approximate surface area is 120 Å². The zero-order chi connectivity index (χ0) is 14.4. The number of anilines is 1. The minimum absolute atomic E-state index is 0.115. The molecule has 0 bridgehead atoms. The number of carbonyl (C=O) groups is 1. The van der Waals surface area contributed by atoms with Gasteiger partial charge in [0, 0.05) is 12.6 Å².